The van der Waals surface area contributed by atoms with Crippen LogP contribution in [0.1, 0.15) is 12.5 Å². The Morgan fingerprint density at radius 3 is 2.22 bits per heavy atom. The Morgan fingerprint density at radius 2 is 1.48 bits per heavy atom. The normalized spacial score (nSPS) is 18.7. The highest BCUT2D eigenvalue weighted by Crippen LogP contribution is 2.53. The SMILES string of the molecule is CCc1ccc(P2(=O)Oc3ccccc3-c3ccccc32)cc1. The van der Waals surface area contributed by atoms with E-state index in [4.69, 9.17) is 4.52 Å². The second-order valence-corrected chi connectivity index (χ2v) is 7.96. The molecular weight excluding hydrogens is 303 g/mol. The van der Waals surface area contributed by atoms with Crippen molar-refractivity contribution in [3.05, 3.63) is 78.4 Å². The van der Waals surface area contributed by atoms with Crippen LogP contribution < -0.4 is 15.1 Å². The molecule has 114 valence electrons. The van der Waals surface area contributed by atoms with E-state index in [1.807, 2.05) is 72.8 Å². The number of hydrogen-bond acceptors (Lipinski definition) is 2. The molecule has 0 radical (unpaired) electrons. The molecule has 3 aromatic carbocycles. The summed E-state index contributed by atoms with van der Waals surface area (Å²) < 4.78 is 19.9. The third-order valence-electron chi connectivity index (χ3n) is 4.31. The van der Waals surface area contributed by atoms with E-state index >= 15 is 0 Å². The number of rotatable bonds is 2. The maximum Gasteiger partial charge on any atom is 0.307 e. The summed E-state index contributed by atoms with van der Waals surface area (Å²) in [4.78, 5) is 0. The van der Waals surface area contributed by atoms with E-state index in [2.05, 4.69) is 6.92 Å². The standard InChI is InChI=1S/C20H17O2P/c1-2-15-11-13-16(14-12-15)23(21)20-10-6-4-8-18(20)17-7-3-5-9-19(17)22-23/h3-14H,2H2,1H3. The average Bonchev–Trinajstić information content (AvgIpc) is 2.62. The first kappa shape index (κ1) is 14.3. The van der Waals surface area contributed by atoms with Gasteiger partial charge in [0.15, 0.2) is 0 Å². The van der Waals surface area contributed by atoms with Crippen LogP contribution in [0.3, 0.4) is 0 Å². The third-order valence-corrected chi connectivity index (χ3v) is 6.77. The Hall–Kier alpha value is -2.31. The highest BCUT2D eigenvalue weighted by molar-refractivity contribution is 7.75. The van der Waals surface area contributed by atoms with Crippen molar-refractivity contribution >= 4 is 18.0 Å². The molecule has 1 aliphatic rings. The van der Waals surface area contributed by atoms with Gasteiger partial charge in [0, 0.05) is 5.56 Å². The molecule has 1 atom stereocenters. The predicted octanol–water partition coefficient (Wildman–Crippen LogP) is 4.54. The Labute approximate surface area is 136 Å². The van der Waals surface area contributed by atoms with E-state index in [1.165, 1.54) is 5.56 Å². The Kier molecular flexibility index (Phi) is 3.36. The summed E-state index contributed by atoms with van der Waals surface area (Å²) in [6.07, 6.45) is 0.963. The van der Waals surface area contributed by atoms with Crippen molar-refractivity contribution in [3.8, 4) is 16.9 Å². The van der Waals surface area contributed by atoms with E-state index < -0.39 is 7.37 Å². The number of benzene rings is 3. The lowest BCUT2D eigenvalue weighted by molar-refractivity contribution is 0.501. The van der Waals surface area contributed by atoms with Crippen molar-refractivity contribution < 1.29 is 9.09 Å². The van der Waals surface area contributed by atoms with Gasteiger partial charge >= 0.3 is 7.37 Å². The summed E-state index contributed by atoms with van der Waals surface area (Å²) in [5, 5.41) is 1.53. The fourth-order valence-corrected chi connectivity index (χ4v) is 5.29. The monoisotopic (exact) mass is 320 g/mol. The summed E-state index contributed by atoms with van der Waals surface area (Å²) in [7, 11) is -3.12. The van der Waals surface area contributed by atoms with Crippen LogP contribution in [0.4, 0.5) is 0 Å². The zero-order chi connectivity index (χ0) is 15.9. The maximum absolute atomic E-state index is 13.8. The zero-order valence-electron chi connectivity index (χ0n) is 12.9. The van der Waals surface area contributed by atoms with Gasteiger partial charge in [-0.1, -0.05) is 55.5 Å². The first-order valence-corrected chi connectivity index (χ1v) is 9.43. The lowest BCUT2D eigenvalue weighted by Gasteiger charge is -2.28. The molecule has 1 unspecified atom stereocenters. The van der Waals surface area contributed by atoms with Crippen molar-refractivity contribution in [2.45, 2.75) is 13.3 Å². The molecule has 3 aromatic rings. The van der Waals surface area contributed by atoms with Crippen molar-refractivity contribution in [3.63, 3.8) is 0 Å². The van der Waals surface area contributed by atoms with Crippen LogP contribution in [0.15, 0.2) is 72.8 Å². The highest BCUT2D eigenvalue weighted by atomic mass is 31.2. The Morgan fingerprint density at radius 1 is 0.826 bits per heavy atom. The molecule has 4 rings (SSSR count). The maximum atomic E-state index is 13.8. The summed E-state index contributed by atoms with van der Waals surface area (Å²) in [6, 6.07) is 23.6. The second kappa shape index (κ2) is 5.40. The van der Waals surface area contributed by atoms with E-state index in [0.717, 1.165) is 28.2 Å². The van der Waals surface area contributed by atoms with Crippen molar-refractivity contribution in [2.75, 3.05) is 0 Å². The summed E-state index contributed by atoms with van der Waals surface area (Å²) in [6.45, 7) is 2.11. The quantitative estimate of drug-likeness (QED) is 0.648. The Balaban J connectivity index is 1.94. The van der Waals surface area contributed by atoms with Gasteiger partial charge in [0.05, 0.1) is 10.6 Å². The van der Waals surface area contributed by atoms with E-state index in [-0.39, 0.29) is 0 Å². The minimum Gasteiger partial charge on any atom is -0.436 e. The molecular formula is C20H17O2P. The first-order valence-electron chi connectivity index (χ1n) is 7.80. The third kappa shape index (κ3) is 2.22. The number of para-hydroxylation sites is 1. The molecule has 2 nitrogen and oxygen atoms in total. The van der Waals surface area contributed by atoms with Crippen LogP contribution in [-0.4, -0.2) is 0 Å². The Bertz CT molecular complexity index is 913. The van der Waals surface area contributed by atoms with Gasteiger partial charge in [0.2, 0.25) is 0 Å². The molecule has 0 saturated carbocycles. The van der Waals surface area contributed by atoms with Gasteiger partial charge in [-0.3, -0.25) is 4.57 Å². The molecule has 0 amide bonds. The highest BCUT2D eigenvalue weighted by Gasteiger charge is 2.37. The summed E-state index contributed by atoms with van der Waals surface area (Å²) >= 11 is 0. The van der Waals surface area contributed by atoms with Crippen LogP contribution in [0.25, 0.3) is 11.1 Å². The smallest absolute Gasteiger partial charge is 0.307 e. The molecule has 1 heterocycles. The molecule has 0 aromatic heterocycles. The first-order chi connectivity index (χ1) is 11.2. The van der Waals surface area contributed by atoms with Crippen LogP contribution >= 0.6 is 7.37 Å². The lowest BCUT2D eigenvalue weighted by atomic mass is 10.0. The van der Waals surface area contributed by atoms with Gasteiger partial charge in [0.1, 0.15) is 5.75 Å². The molecule has 1 aliphatic heterocycles. The van der Waals surface area contributed by atoms with Gasteiger partial charge in [-0.05, 0) is 41.8 Å². The fourth-order valence-electron chi connectivity index (χ4n) is 3.03. The van der Waals surface area contributed by atoms with E-state index in [9.17, 15) is 4.57 Å². The molecule has 0 spiro atoms. The number of hydrogen-bond donors (Lipinski definition) is 0. The molecule has 0 bridgehead atoms. The largest absolute Gasteiger partial charge is 0.436 e. The molecule has 0 N–H and O–H groups in total. The molecule has 0 saturated heterocycles. The molecule has 0 aliphatic carbocycles. The molecule has 0 fully saturated rings. The predicted molar refractivity (Wildman–Crippen MR) is 95.2 cm³/mol. The van der Waals surface area contributed by atoms with E-state index in [0.29, 0.717) is 5.75 Å². The van der Waals surface area contributed by atoms with Crippen LogP contribution in [0.5, 0.6) is 5.75 Å². The minimum atomic E-state index is -3.12. The summed E-state index contributed by atoms with van der Waals surface area (Å²) in [5.41, 5.74) is 3.23. The minimum absolute atomic E-state index is 0.689. The average molecular weight is 320 g/mol. The number of fused-ring (bicyclic) bond motifs is 3. The van der Waals surface area contributed by atoms with Gasteiger partial charge in [-0.2, -0.15) is 0 Å². The second-order valence-electron chi connectivity index (χ2n) is 5.68. The summed E-state index contributed by atoms with van der Waals surface area (Å²) in [5.74, 6) is 0.689. The van der Waals surface area contributed by atoms with Crippen LogP contribution in [0.2, 0.25) is 0 Å². The van der Waals surface area contributed by atoms with Gasteiger partial charge in [-0.25, -0.2) is 0 Å². The van der Waals surface area contributed by atoms with Gasteiger partial charge < -0.3 is 4.52 Å². The van der Waals surface area contributed by atoms with Gasteiger partial charge in [0.25, 0.3) is 0 Å². The topological polar surface area (TPSA) is 26.3 Å². The fraction of sp³-hybridized carbons (Fsp3) is 0.100. The van der Waals surface area contributed by atoms with Crippen LogP contribution in [0, 0.1) is 0 Å². The molecule has 23 heavy (non-hydrogen) atoms. The van der Waals surface area contributed by atoms with Gasteiger partial charge in [-0.15, -0.1) is 0 Å². The van der Waals surface area contributed by atoms with Crippen molar-refractivity contribution in [1.29, 1.82) is 0 Å². The van der Waals surface area contributed by atoms with Crippen LogP contribution in [-0.2, 0) is 11.0 Å². The zero-order valence-corrected chi connectivity index (χ0v) is 13.8. The lowest BCUT2D eigenvalue weighted by Crippen LogP contribution is -2.25. The van der Waals surface area contributed by atoms with Crippen molar-refractivity contribution in [1.82, 2.24) is 0 Å². The van der Waals surface area contributed by atoms with Crippen molar-refractivity contribution in [2.24, 2.45) is 0 Å². The molecule has 3 heteroatoms. The number of aryl methyl sites for hydroxylation is 1. The van der Waals surface area contributed by atoms with E-state index in [1.54, 1.807) is 0 Å².